The third kappa shape index (κ3) is 4.47. The van der Waals surface area contributed by atoms with E-state index in [1.807, 2.05) is 25.6 Å². The van der Waals surface area contributed by atoms with Crippen LogP contribution in [0, 0.1) is 11.3 Å². The molecule has 4 heteroatoms. The number of carbonyl (C=O) groups is 1. The van der Waals surface area contributed by atoms with Gasteiger partial charge in [0.05, 0.1) is 5.41 Å². The second-order valence-electron chi connectivity index (χ2n) is 6.09. The van der Waals surface area contributed by atoms with Crippen LogP contribution in [0.2, 0.25) is 0 Å². The molecule has 0 radical (unpaired) electrons. The maximum Gasteiger partial charge on any atom is 0.309 e. The molecule has 106 valence electrons. The number of likely N-dealkylation sites (tertiary alicyclic amines) is 1. The van der Waals surface area contributed by atoms with Crippen LogP contribution < -0.4 is 0 Å². The van der Waals surface area contributed by atoms with Gasteiger partial charge in [-0.1, -0.05) is 13.8 Å². The molecular formula is C14H27NO2S. The van der Waals surface area contributed by atoms with Gasteiger partial charge in [0.2, 0.25) is 0 Å². The van der Waals surface area contributed by atoms with Gasteiger partial charge in [-0.3, -0.25) is 4.79 Å². The molecule has 1 N–H and O–H groups in total. The average molecular weight is 273 g/mol. The molecule has 1 atom stereocenters. The molecule has 1 rings (SSSR count). The number of aliphatic carboxylic acids is 1. The van der Waals surface area contributed by atoms with Gasteiger partial charge in [0.25, 0.3) is 0 Å². The second-order valence-corrected chi connectivity index (χ2v) is 7.77. The van der Waals surface area contributed by atoms with E-state index in [0.717, 1.165) is 38.2 Å². The highest BCUT2D eigenvalue weighted by atomic mass is 32.2. The lowest BCUT2D eigenvalue weighted by atomic mass is 9.74. The van der Waals surface area contributed by atoms with Crippen molar-refractivity contribution in [2.24, 2.45) is 11.3 Å². The molecule has 1 fully saturated rings. The summed E-state index contributed by atoms with van der Waals surface area (Å²) in [4.78, 5) is 13.7. The van der Waals surface area contributed by atoms with Crippen molar-refractivity contribution in [2.75, 3.05) is 25.4 Å². The first-order valence-electron chi connectivity index (χ1n) is 6.91. The second kappa shape index (κ2) is 6.80. The summed E-state index contributed by atoms with van der Waals surface area (Å²) < 4.78 is 0. The van der Waals surface area contributed by atoms with Crippen molar-refractivity contribution >= 4 is 17.7 Å². The number of rotatable bonds is 6. The zero-order chi connectivity index (χ0) is 13.8. The standard InChI is InChI=1S/C14H27NO2S/c1-11(2)18-9-8-15-7-5-6-12(10-15)14(3,4)13(16)17/h11-12H,5-10H2,1-4H3,(H,16,17). The first-order valence-corrected chi connectivity index (χ1v) is 7.96. The lowest BCUT2D eigenvalue weighted by Crippen LogP contribution is -2.45. The topological polar surface area (TPSA) is 40.5 Å². The molecule has 0 saturated carbocycles. The van der Waals surface area contributed by atoms with Crippen molar-refractivity contribution in [3.05, 3.63) is 0 Å². The third-order valence-corrected chi connectivity index (χ3v) is 5.02. The molecule has 0 spiro atoms. The molecule has 0 bridgehead atoms. The molecule has 1 aliphatic rings. The summed E-state index contributed by atoms with van der Waals surface area (Å²) in [6, 6.07) is 0. The van der Waals surface area contributed by atoms with Gasteiger partial charge < -0.3 is 10.0 Å². The van der Waals surface area contributed by atoms with Crippen molar-refractivity contribution in [1.82, 2.24) is 4.90 Å². The van der Waals surface area contributed by atoms with E-state index >= 15 is 0 Å². The zero-order valence-electron chi connectivity index (χ0n) is 12.1. The summed E-state index contributed by atoms with van der Waals surface area (Å²) in [6.45, 7) is 11.3. The van der Waals surface area contributed by atoms with Gasteiger partial charge in [0.15, 0.2) is 0 Å². The van der Waals surface area contributed by atoms with Crippen LogP contribution in [0.25, 0.3) is 0 Å². The number of carboxylic acid groups (broad SMARTS) is 1. The highest BCUT2D eigenvalue weighted by molar-refractivity contribution is 7.99. The fourth-order valence-electron chi connectivity index (χ4n) is 2.44. The molecule has 18 heavy (non-hydrogen) atoms. The number of hydrogen-bond donors (Lipinski definition) is 1. The minimum absolute atomic E-state index is 0.285. The van der Waals surface area contributed by atoms with Crippen molar-refractivity contribution in [1.29, 1.82) is 0 Å². The van der Waals surface area contributed by atoms with E-state index < -0.39 is 11.4 Å². The van der Waals surface area contributed by atoms with Crippen LogP contribution in [-0.4, -0.2) is 46.6 Å². The van der Waals surface area contributed by atoms with Crippen LogP contribution in [0.15, 0.2) is 0 Å². The molecule has 0 amide bonds. The molecule has 1 aliphatic heterocycles. The highest BCUT2D eigenvalue weighted by Gasteiger charge is 2.38. The minimum Gasteiger partial charge on any atom is -0.481 e. The number of nitrogens with zero attached hydrogens (tertiary/aromatic N) is 1. The SMILES string of the molecule is CC(C)SCCN1CCCC(C(C)(C)C(=O)O)C1. The van der Waals surface area contributed by atoms with Gasteiger partial charge >= 0.3 is 5.97 Å². The van der Waals surface area contributed by atoms with Gasteiger partial charge in [-0.15, -0.1) is 0 Å². The first kappa shape index (κ1) is 15.8. The molecule has 0 aliphatic carbocycles. The quantitative estimate of drug-likeness (QED) is 0.808. The average Bonchev–Trinajstić information content (AvgIpc) is 2.28. The Morgan fingerprint density at radius 2 is 2.17 bits per heavy atom. The lowest BCUT2D eigenvalue weighted by molar-refractivity contribution is -0.151. The smallest absolute Gasteiger partial charge is 0.309 e. The molecular weight excluding hydrogens is 246 g/mol. The minimum atomic E-state index is -0.661. The Bertz CT molecular complexity index is 279. The van der Waals surface area contributed by atoms with Gasteiger partial charge in [-0.25, -0.2) is 0 Å². The van der Waals surface area contributed by atoms with Gasteiger partial charge in [-0.2, -0.15) is 11.8 Å². The fraction of sp³-hybridized carbons (Fsp3) is 0.929. The number of piperidine rings is 1. The Kier molecular flexibility index (Phi) is 5.99. The first-order chi connectivity index (χ1) is 8.34. The molecule has 3 nitrogen and oxygen atoms in total. The van der Waals surface area contributed by atoms with Crippen LogP contribution in [0.1, 0.15) is 40.5 Å². The summed E-state index contributed by atoms with van der Waals surface area (Å²) in [5.74, 6) is 0.774. The molecule has 1 unspecified atom stereocenters. The van der Waals surface area contributed by atoms with Gasteiger partial charge in [0, 0.05) is 18.8 Å². The maximum absolute atomic E-state index is 11.3. The third-order valence-electron chi connectivity index (χ3n) is 3.94. The van der Waals surface area contributed by atoms with E-state index in [9.17, 15) is 9.90 Å². The van der Waals surface area contributed by atoms with Gasteiger partial charge in [-0.05, 0) is 44.4 Å². The van der Waals surface area contributed by atoms with E-state index in [1.54, 1.807) is 0 Å². The Labute approximate surface area is 115 Å². The monoisotopic (exact) mass is 273 g/mol. The summed E-state index contributed by atoms with van der Waals surface area (Å²) >= 11 is 1.98. The van der Waals surface area contributed by atoms with Crippen LogP contribution in [0.3, 0.4) is 0 Å². The predicted molar refractivity (Wildman–Crippen MR) is 78.2 cm³/mol. The number of hydrogen-bond acceptors (Lipinski definition) is 3. The lowest BCUT2D eigenvalue weighted by Gasteiger charge is -2.39. The predicted octanol–water partition coefficient (Wildman–Crippen LogP) is 2.95. The Hall–Kier alpha value is -0.220. The van der Waals surface area contributed by atoms with E-state index in [2.05, 4.69) is 18.7 Å². The van der Waals surface area contributed by atoms with Crippen molar-refractivity contribution in [3.63, 3.8) is 0 Å². The molecule has 1 saturated heterocycles. The van der Waals surface area contributed by atoms with Crippen LogP contribution in [0.5, 0.6) is 0 Å². The fourth-order valence-corrected chi connectivity index (χ4v) is 3.27. The molecule has 0 aromatic rings. The largest absolute Gasteiger partial charge is 0.481 e. The van der Waals surface area contributed by atoms with Gasteiger partial charge in [0.1, 0.15) is 0 Å². The highest BCUT2D eigenvalue weighted by Crippen LogP contribution is 2.34. The number of carboxylic acids is 1. The van der Waals surface area contributed by atoms with E-state index in [1.165, 1.54) is 0 Å². The van der Waals surface area contributed by atoms with Crippen LogP contribution in [0.4, 0.5) is 0 Å². The molecule has 0 aromatic heterocycles. The van der Waals surface area contributed by atoms with Crippen LogP contribution >= 0.6 is 11.8 Å². The summed E-state index contributed by atoms with van der Waals surface area (Å²) in [5.41, 5.74) is -0.593. The summed E-state index contributed by atoms with van der Waals surface area (Å²) in [7, 11) is 0. The van der Waals surface area contributed by atoms with Crippen molar-refractivity contribution in [2.45, 2.75) is 45.8 Å². The Balaban J connectivity index is 2.43. The van der Waals surface area contributed by atoms with E-state index in [-0.39, 0.29) is 5.92 Å². The summed E-state index contributed by atoms with van der Waals surface area (Å²) in [5, 5.41) is 9.99. The maximum atomic E-state index is 11.3. The van der Waals surface area contributed by atoms with Crippen molar-refractivity contribution < 1.29 is 9.90 Å². The molecule has 1 heterocycles. The Morgan fingerprint density at radius 1 is 1.50 bits per heavy atom. The van der Waals surface area contributed by atoms with E-state index in [0.29, 0.717) is 5.25 Å². The number of thioether (sulfide) groups is 1. The zero-order valence-corrected chi connectivity index (χ0v) is 12.9. The summed E-state index contributed by atoms with van der Waals surface area (Å²) in [6.07, 6.45) is 2.18. The normalized spacial score (nSPS) is 22.4. The van der Waals surface area contributed by atoms with E-state index in [4.69, 9.17) is 0 Å². The van der Waals surface area contributed by atoms with Crippen molar-refractivity contribution in [3.8, 4) is 0 Å². The van der Waals surface area contributed by atoms with Crippen LogP contribution in [-0.2, 0) is 4.79 Å². The molecule has 0 aromatic carbocycles. The Morgan fingerprint density at radius 3 is 2.72 bits per heavy atom.